The molecule has 1 heterocycles. The molecule has 1 aromatic heterocycles. The topological polar surface area (TPSA) is 90.1 Å². The molecule has 2 aromatic rings. The molecule has 0 spiro atoms. The monoisotopic (exact) mass is 286 g/mol. The zero-order chi connectivity index (χ0) is 15.2. The molecule has 0 radical (unpaired) electrons. The van der Waals surface area contributed by atoms with E-state index in [1.807, 2.05) is 38.1 Å². The Morgan fingerprint density at radius 2 is 2.05 bits per heavy atom. The molecule has 0 saturated heterocycles. The van der Waals surface area contributed by atoms with E-state index in [1.165, 1.54) is 0 Å². The smallest absolute Gasteiger partial charge is 0.270 e. The van der Waals surface area contributed by atoms with E-state index >= 15 is 0 Å². The fourth-order valence-electron chi connectivity index (χ4n) is 1.93. The van der Waals surface area contributed by atoms with Crippen LogP contribution in [0.4, 0.5) is 5.95 Å². The maximum absolute atomic E-state index is 11.9. The van der Waals surface area contributed by atoms with Gasteiger partial charge in [-0.3, -0.25) is 4.79 Å². The second-order valence-corrected chi connectivity index (χ2v) is 4.29. The number of amides is 1. The molecular weight excluding hydrogens is 268 g/mol. The summed E-state index contributed by atoms with van der Waals surface area (Å²) in [5, 5.41) is 2.69. The Balaban J connectivity index is 2.47. The van der Waals surface area contributed by atoms with Crippen molar-refractivity contribution in [2.24, 2.45) is 0 Å². The van der Waals surface area contributed by atoms with Crippen molar-refractivity contribution in [1.82, 2.24) is 15.3 Å². The molecular formula is C15H18N4O2. The number of nitrogens with zero attached hydrogens (tertiary/aromatic N) is 2. The van der Waals surface area contributed by atoms with Crippen molar-refractivity contribution in [3.63, 3.8) is 0 Å². The van der Waals surface area contributed by atoms with Gasteiger partial charge in [-0.25, -0.2) is 9.97 Å². The maximum Gasteiger partial charge on any atom is 0.270 e. The lowest BCUT2D eigenvalue weighted by atomic mass is 10.1. The van der Waals surface area contributed by atoms with E-state index in [1.54, 1.807) is 6.07 Å². The Labute approximate surface area is 123 Å². The van der Waals surface area contributed by atoms with E-state index in [-0.39, 0.29) is 17.5 Å². The minimum Gasteiger partial charge on any atom is -0.493 e. The van der Waals surface area contributed by atoms with Crippen LogP contribution >= 0.6 is 0 Å². The highest BCUT2D eigenvalue weighted by Crippen LogP contribution is 2.29. The van der Waals surface area contributed by atoms with Gasteiger partial charge in [-0.1, -0.05) is 12.1 Å². The average molecular weight is 286 g/mol. The normalized spacial score (nSPS) is 10.2. The van der Waals surface area contributed by atoms with Gasteiger partial charge >= 0.3 is 0 Å². The molecule has 6 heteroatoms. The number of nitrogen functional groups attached to an aromatic ring is 1. The van der Waals surface area contributed by atoms with Gasteiger partial charge in [-0.2, -0.15) is 0 Å². The van der Waals surface area contributed by atoms with Gasteiger partial charge in [0.05, 0.1) is 12.3 Å². The Morgan fingerprint density at radius 3 is 2.76 bits per heavy atom. The van der Waals surface area contributed by atoms with Crippen molar-refractivity contribution in [2.75, 3.05) is 18.9 Å². The van der Waals surface area contributed by atoms with Crippen LogP contribution < -0.4 is 15.8 Å². The fraction of sp³-hybridized carbons (Fsp3) is 0.267. The van der Waals surface area contributed by atoms with E-state index in [4.69, 9.17) is 10.5 Å². The van der Waals surface area contributed by atoms with Gasteiger partial charge in [0.1, 0.15) is 11.4 Å². The number of para-hydroxylation sites is 1. The second kappa shape index (κ2) is 6.69. The van der Waals surface area contributed by atoms with Gasteiger partial charge in [-0.15, -0.1) is 0 Å². The van der Waals surface area contributed by atoms with Crippen molar-refractivity contribution in [3.8, 4) is 17.0 Å². The van der Waals surface area contributed by atoms with Gasteiger partial charge in [0, 0.05) is 12.1 Å². The first-order valence-electron chi connectivity index (χ1n) is 6.80. The van der Waals surface area contributed by atoms with Gasteiger partial charge in [0.15, 0.2) is 0 Å². The van der Waals surface area contributed by atoms with E-state index in [9.17, 15) is 4.79 Å². The Morgan fingerprint density at radius 1 is 1.29 bits per heavy atom. The highest BCUT2D eigenvalue weighted by Gasteiger charge is 2.13. The third-order valence-corrected chi connectivity index (χ3v) is 2.78. The molecule has 0 aliphatic heterocycles. The molecule has 0 unspecified atom stereocenters. The second-order valence-electron chi connectivity index (χ2n) is 4.29. The van der Waals surface area contributed by atoms with E-state index < -0.39 is 0 Å². The largest absolute Gasteiger partial charge is 0.493 e. The van der Waals surface area contributed by atoms with Crippen molar-refractivity contribution < 1.29 is 9.53 Å². The number of hydrogen-bond donors (Lipinski definition) is 2. The number of nitrogens with one attached hydrogen (secondary N) is 1. The van der Waals surface area contributed by atoms with Crippen molar-refractivity contribution in [1.29, 1.82) is 0 Å². The molecule has 0 bridgehead atoms. The Bertz CT molecular complexity index is 643. The number of nitrogens with two attached hydrogens (primary N) is 1. The van der Waals surface area contributed by atoms with Crippen molar-refractivity contribution in [3.05, 3.63) is 36.0 Å². The average Bonchev–Trinajstić information content (AvgIpc) is 2.48. The summed E-state index contributed by atoms with van der Waals surface area (Å²) < 4.78 is 5.58. The van der Waals surface area contributed by atoms with Gasteiger partial charge in [-0.05, 0) is 32.0 Å². The van der Waals surface area contributed by atoms with Gasteiger partial charge in [0.25, 0.3) is 5.91 Å². The quantitative estimate of drug-likeness (QED) is 0.875. The molecule has 2 rings (SSSR count). The Kier molecular flexibility index (Phi) is 4.71. The first-order chi connectivity index (χ1) is 10.2. The summed E-state index contributed by atoms with van der Waals surface area (Å²) in [6, 6.07) is 9.09. The lowest BCUT2D eigenvalue weighted by Gasteiger charge is -2.10. The summed E-state index contributed by atoms with van der Waals surface area (Å²) in [5.74, 6) is 0.474. The van der Waals surface area contributed by atoms with Crippen molar-refractivity contribution in [2.45, 2.75) is 13.8 Å². The third kappa shape index (κ3) is 3.47. The zero-order valence-corrected chi connectivity index (χ0v) is 12.1. The summed E-state index contributed by atoms with van der Waals surface area (Å²) in [6.45, 7) is 4.81. The van der Waals surface area contributed by atoms with Crippen LogP contribution in [0.3, 0.4) is 0 Å². The van der Waals surface area contributed by atoms with E-state index in [2.05, 4.69) is 15.3 Å². The minimum atomic E-state index is -0.276. The number of hydrogen-bond acceptors (Lipinski definition) is 5. The van der Waals surface area contributed by atoms with Crippen LogP contribution in [0.15, 0.2) is 30.3 Å². The molecule has 21 heavy (non-hydrogen) atoms. The van der Waals surface area contributed by atoms with Crippen LogP contribution in [-0.2, 0) is 0 Å². The SMILES string of the molecule is CCNC(=O)c1cc(-c2ccccc2OCC)nc(N)n1. The van der Waals surface area contributed by atoms with Crippen LogP contribution in [0.1, 0.15) is 24.3 Å². The summed E-state index contributed by atoms with van der Waals surface area (Å²) in [7, 11) is 0. The summed E-state index contributed by atoms with van der Waals surface area (Å²) in [5.41, 5.74) is 7.29. The molecule has 1 amide bonds. The lowest BCUT2D eigenvalue weighted by molar-refractivity contribution is 0.0951. The minimum absolute atomic E-state index is 0.0556. The molecule has 0 saturated carbocycles. The highest BCUT2D eigenvalue weighted by molar-refractivity contribution is 5.93. The number of anilines is 1. The van der Waals surface area contributed by atoms with Crippen LogP contribution in [0.5, 0.6) is 5.75 Å². The molecule has 0 atom stereocenters. The Hall–Kier alpha value is -2.63. The van der Waals surface area contributed by atoms with Crippen LogP contribution in [-0.4, -0.2) is 29.0 Å². The number of carbonyl (C=O) groups excluding carboxylic acids is 1. The van der Waals surface area contributed by atoms with Gasteiger partial charge in [0.2, 0.25) is 5.95 Å². The fourth-order valence-corrected chi connectivity index (χ4v) is 1.93. The van der Waals surface area contributed by atoms with Crippen LogP contribution in [0, 0.1) is 0 Å². The van der Waals surface area contributed by atoms with Crippen molar-refractivity contribution >= 4 is 11.9 Å². The first-order valence-corrected chi connectivity index (χ1v) is 6.80. The molecule has 0 fully saturated rings. The molecule has 0 aliphatic rings. The molecule has 0 aliphatic carbocycles. The highest BCUT2D eigenvalue weighted by atomic mass is 16.5. The van der Waals surface area contributed by atoms with E-state index in [0.29, 0.717) is 24.6 Å². The van der Waals surface area contributed by atoms with E-state index in [0.717, 1.165) is 5.56 Å². The lowest BCUT2D eigenvalue weighted by Crippen LogP contribution is -2.24. The summed E-state index contributed by atoms with van der Waals surface area (Å²) >= 11 is 0. The van der Waals surface area contributed by atoms with Crippen LogP contribution in [0.2, 0.25) is 0 Å². The van der Waals surface area contributed by atoms with Crippen LogP contribution in [0.25, 0.3) is 11.3 Å². The van der Waals surface area contributed by atoms with Gasteiger partial charge < -0.3 is 15.8 Å². The number of aromatic nitrogens is 2. The predicted octanol–water partition coefficient (Wildman–Crippen LogP) is 1.87. The zero-order valence-electron chi connectivity index (χ0n) is 12.1. The molecule has 3 N–H and O–H groups in total. The standard InChI is InChI=1S/C15H18N4O2/c1-3-17-14(20)12-9-11(18-15(16)19-12)10-7-5-6-8-13(10)21-4-2/h5-9H,3-4H2,1-2H3,(H,17,20)(H2,16,18,19). The number of rotatable bonds is 5. The third-order valence-electron chi connectivity index (χ3n) is 2.78. The number of ether oxygens (including phenoxy) is 1. The molecule has 1 aromatic carbocycles. The predicted molar refractivity (Wildman–Crippen MR) is 81.1 cm³/mol. The molecule has 110 valence electrons. The number of benzene rings is 1. The number of carbonyl (C=O) groups is 1. The maximum atomic E-state index is 11.9. The summed E-state index contributed by atoms with van der Waals surface area (Å²) in [6.07, 6.45) is 0. The summed E-state index contributed by atoms with van der Waals surface area (Å²) in [4.78, 5) is 20.1. The molecule has 6 nitrogen and oxygen atoms in total. The first kappa shape index (κ1) is 14.8.